The topological polar surface area (TPSA) is 117 Å². The summed E-state index contributed by atoms with van der Waals surface area (Å²) in [5, 5.41) is 4.95. The molecule has 2 aliphatic rings. The molecule has 2 N–H and O–H groups in total. The minimum Gasteiger partial charge on any atom is -0.425 e. The number of carbonyl (C=O) groups is 4. The minimum atomic E-state index is -4.82. The molecule has 1 spiro atoms. The van der Waals surface area contributed by atoms with E-state index in [0.29, 0.717) is 21.1 Å². The van der Waals surface area contributed by atoms with Gasteiger partial charge in [-0.3, -0.25) is 9.59 Å². The summed E-state index contributed by atoms with van der Waals surface area (Å²) in [5.41, 5.74) is -0.684. The third kappa shape index (κ3) is 5.50. The molecule has 0 bridgehead atoms. The minimum absolute atomic E-state index is 0.0264. The van der Waals surface area contributed by atoms with Gasteiger partial charge in [0.15, 0.2) is 0 Å². The number of carbonyl (C=O) groups excluding carboxylic acids is 4. The number of anilines is 1. The highest BCUT2D eigenvalue weighted by Gasteiger charge is 2.58. The number of halogens is 4. The lowest BCUT2D eigenvalue weighted by Gasteiger charge is -2.33. The summed E-state index contributed by atoms with van der Waals surface area (Å²) >= 11 is 0. The number of amides is 5. The van der Waals surface area contributed by atoms with E-state index < -0.39 is 60.7 Å². The molecule has 14 heteroatoms. The molecule has 1 unspecified atom stereocenters. The van der Waals surface area contributed by atoms with Crippen LogP contribution >= 0.6 is 0 Å². The first kappa shape index (κ1) is 27.8. The average Bonchev–Trinajstić information content (AvgIpc) is 3.11. The normalized spacial score (nSPS) is 19.4. The van der Waals surface area contributed by atoms with Gasteiger partial charge >= 0.3 is 18.3 Å². The summed E-state index contributed by atoms with van der Waals surface area (Å²) in [6.45, 7) is -1.15. The fourth-order valence-corrected chi connectivity index (χ4v) is 4.34. The van der Waals surface area contributed by atoms with Crippen LogP contribution < -0.4 is 10.6 Å². The van der Waals surface area contributed by atoms with Crippen molar-refractivity contribution in [3.8, 4) is 0 Å². The molecule has 0 aliphatic carbocycles. The van der Waals surface area contributed by atoms with Gasteiger partial charge < -0.3 is 25.0 Å². The van der Waals surface area contributed by atoms with Crippen LogP contribution in [0.4, 0.5) is 32.8 Å². The molecule has 5 amide bonds. The summed E-state index contributed by atoms with van der Waals surface area (Å²) in [6.07, 6.45) is -6.04. The fourth-order valence-electron chi connectivity index (χ4n) is 4.34. The quantitative estimate of drug-likeness (QED) is 0.532. The maximum absolute atomic E-state index is 13.6. The lowest BCUT2D eigenvalue weighted by atomic mass is 9.87. The first-order chi connectivity index (χ1) is 18.4. The van der Waals surface area contributed by atoms with Crippen LogP contribution in [-0.4, -0.2) is 66.2 Å². The molecular formula is C25H24F4N4O6. The van der Waals surface area contributed by atoms with Crippen LogP contribution in [0, 0.1) is 5.82 Å². The standard InChI is InChI=1S/C25H24F4N4O6/c1-14(25(27,28)29)32(10-15-3-5-17(26)6-4-15)20(34)11-33-21(35)24(39-23(33)37)13-38-12-16-9-18(7-8-19(16)24)31-22(36)30-2/h3-9,14H,10-13H2,1-2H3,(H2,30,31,36)/t14-,24?/m0/s1. The Bertz CT molecular complexity index is 1300. The smallest absolute Gasteiger partial charge is 0.418 e. The van der Waals surface area contributed by atoms with Crippen molar-refractivity contribution in [1.82, 2.24) is 15.1 Å². The zero-order valence-corrected chi connectivity index (χ0v) is 20.8. The van der Waals surface area contributed by atoms with Crippen molar-refractivity contribution in [2.75, 3.05) is 25.5 Å². The average molecular weight is 552 g/mol. The van der Waals surface area contributed by atoms with Crippen molar-refractivity contribution in [1.29, 1.82) is 0 Å². The number of rotatable bonds is 6. The Labute approximate surface area is 219 Å². The number of hydrogen-bond acceptors (Lipinski definition) is 6. The fraction of sp³-hybridized carbons (Fsp3) is 0.360. The molecule has 0 aromatic heterocycles. The number of nitrogens with one attached hydrogen (secondary N) is 2. The van der Waals surface area contributed by atoms with Crippen LogP contribution in [0.2, 0.25) is 0 Å². The van der Waals surface area contributed by atoms with E-state index in [2.05, 4.69) is 10.6 Å². The predicted molar refractivity (Wildman–Crippen MR) is 127 cm³/mol. The van der Waals surface area contributed by atoms with Crippen molar-refractivity contribution in [3.05, 3.63) is 65.0 Å². The maximum Gasteiger partial charge on any atom is 0.418 e. The van der Waals surface area contributed by atoms with Gasteiger partial charge in [-0.15, -0.1) is 0 Å². The molecule has 2 heterocycles. The van der Waals surface area contributed by atoms with Gasteiger partial charge in [0, 0.05) is 24.8 Å². The first-order valence-electron chi connectivity index (χ1n) is 11.7. The van der Waals surface area contributed by atoms with E-state index in [-0.39, 0.29) is 24.3 Å². The predicted octanol–water partition coefficient (Wildman–Crippen LogP) is 3.26. The van der Waals surface area contributed by atoms with Gasteiger partial charge in [0.25, 0.3) is 5.91 Å². The number of alkyl halides is 3. The molecule has 2 aromatic rings. The Morgan fingerprint density at radius 2 is 1.85 bits per heavy atom. The van der Waals surface area contributed by atoms with E-state index in [1.807, 2.05) is 0 Å². The molecule has 4 rings (SSSR count). The third-order valence-corrected chi connectivity index (χ3v) is 6.48. The highest BCUT2D eigenvalue weighted by Crippen LogP contribution is 2.41. The van der Waals surface area contributed by atoms with Gasteiger partial charge in [-0.1, -0.05) is 18.2 Å². The Balaban J connectivity index is 1.59. The van der Waals surface area contributed by atoms with E-state index in [0.717, 1.165) is 19.1 Å². The van der Waals surface area contributed by atoms with Crippen LogP contribution in [-0.2, 0) is 37.8 Å². The zero-order valence-electron chi connectivity index (χ0n) is 20.8. The number of urea groups is 1. The molecule has 10 nitrogen and oxygen atoms in total. The van der Waals surface area contributed by atoms with E-state index >= 15 is 0 Å². The lowest BCUT2D eigenvalue weighted by molar-refractivity contribution is -0.187. The molecule has 2 atom stereocenters. The molecule has 2 aliphatic heterocycles. The highest BCUT2D eigenvalue weighted by molar-refractivity contribution is 6.06. The Kier molecular flexibility index (Phi) is 7.50. The number of nitrogens with zero attached hydrogens (tertiary/aromatic N) is 2. The van der Waals surface area contributed by atoms with Crippen LogP contribution in [0.5, 0.6) is 0 Å². The van der Waals surface area contributed by atoms with Crippen molar-refractivity contribution in [2.45, 2.75) is 37.9 Å². The van der Waals surface area contributed by atoms with Crippen molar-refractivity contribution in [2.24, 2.45) is 0 Å². The van der Waals surface area contributed by atoms with Crippen molar-refractivity contribution < 1.29 is 46.2 Å². The molecule has 0 saturated carbocycles. The van der Waals surface area contributed by atoms with Crippen LogP contribution in [0.15, 0.2) is 42.5 Å². The van der Waals surface area contributed by atoms with Gasteiger partial charge in [0.2, 0.25) is 11.5 Å². The first-order valence-corrected chi connectivity index (χ1v) is 11.7. The lowest BCUT2D eigenvalue weighted by Crippen LogP contribution is -2.52. The SMILES string of the molecule is CNC(=O)Nc1ccc2c(c1)COCC21OC(=O)N(CC(=O)N(Cc2ccc(F)cc2)[C@@H](C)C(F)(F)F)C1=O. The molecule has 0 radical (unpaired) electrons. The number of fused-ring (bicyclic) bond motifs is 2. The summed E-state index contributed by atoms with van der Waals surface area (Å²) in [6, 6.07) is 6.23. The summed E-state index contributed by atoms with van der Waals surface area (Å²) < 4.78 is 65.0. The van der Waals surface area contributed by atoms with Crippen molar-refractivity contribution in [3.63, 3.8) is 0 Å². The third-order valence-electron chi connectivity index (χ3n) is 6.48. The Morgan fingerprint density at radius 3 is 2.49 bits per heavy atom. The van der Waals surface area contributed by atoms with Gasteiger partial charge in [0.1, 0.15) is 25.0 Å². The molecule has 1 fully saturated rings. The number of hydrogen-bond donors (Lipinski definition) is 2. The van der Waals surface area contributed by atoms with Gasteiger partial charge in [-0.2, -0.15) is 13.2 Å². The van der Waals surface area contributed by atoms with Crippen LogP contribution in [0.25, 0.3) is 0 Å². The van der Waals surface area contributed by atoms with E-state index in [1.165, 1.54) is 37.4 Å². The van der Waals surface area contributed by atoms with E-state index in [4.69, 9.17) is 9.47 Å². The summed E-state index contributed by atoms with van der Waals surface area (Å²) in [4.78, 5) is 51.9. The number of imide groups is 1. The van der Waals surface area contributed by atoms with Crippen LogP contribution in [0.1, 0.15) is 23.6 Å². The summed E-state index contributed by atoms with van der Waals surface area (Å²) in [5.74, 6) is -2.76. The monoisotopic (exact) mass is 552 g/mol. The Hall–Kier alpha value is -4.20. The molecule has 39 heavy (non-hydrogen) atoms. The largest absolute Gasteiger partial charge is 0.425 e. The highest BCUT2D eigenvalue weighted by atomic mass is 19.4. The molecular weight excluding hydrogens is 528 g/mol. The summed E-state index contributed by atoms with van der Waals surface area (Å²) in [7, 11) is 1.43. The maximum atomic E-state index is 13.6. The van der Waals surface area contributed by atoms with Gasteiger partial charge in [0.05, 0.1) is 6.61 Å². The van der Waals surface area contributed by atoms with E-state index in [1.54, 1.807) is 0 Å². The Morgan fingerprint density at radius 1 is 1.15 bits per heavy atom. The molecule has 208 valence electrons. The zero-order chi connectivity index (χ0) is 28.5. The van der Waals surface area contributed by atoms with Gasteiger partial charge in [-0.25, -0.2) is 18.9 Å². The number of ether oxygens (including phenoxy) is 2. The number of benzene rings is 2. The van der Waals surface area contributed by atoms with Crippen molar-refractivity contribution >= 4 is 29.6 Å². The second-order valence-electron chi connectivity index (χ2n) is 9.02. The van der Waals surface area contributed by atoms with Gasteiger partial charge in [-0.05, 0) is 42.3 Å². The van der Waals surface area contributed by atoms with Crippen LogP contribution in [0.3, 0.4) is 0 Å². The molecule has 1 saturated heterocycles. The van der Waals surface area contributed by atoms with E-state index in [9.17, 15) is 36.7 Å². The second-order valence-corrected chi connectivity index (χ2v) is 9.02. The second kappa shape index (κ2) is 10.5. The molecule has 2 aromatic carbocycles.